The van der Waals surface area contributed by atoms with E-state index >= 15 is 0 Å². The van der Waals surface area contributed by atoms with Gasteiger partial charge in [0.15, 0.2) is 0 Å². The van der Waals surface area contributed by atoms with Crippen LogP contribution >= 0.6 is 0 Å². The number of fused-ring (bicyclic) bond motifs is 1. The maximum atomic E-state index is 12.0. The number of hydrogen-bond donors (Lipinski definition) is 1. The first kappa shape index (κ1) is 15.9. The molecule has 0 spiro atoms. The van der Waals surface area contributed by atoms with Crippen LogP contribution in [0.25, 0.3) is 11.0 Å². The van der Waals surface area contributed by atoms with E-state index in [-0.39, 0.29) is 30.5 Å². The molecule has 0 bridgehead atoms. The van der Waals surface area contributed by atoms with Gasteiger partial charge in [-0.15, -0.1) is 0 Å². The molecule has 0 aliphatic rings. The molecule has 24 heavy (non-hydrogen) atoms. The van der Waals surface area contributed by atoms with E-state index in [1.54, 1.807) is 6.07 Å². The molecule has 0 saturated heterocycles. The lowest BCUT2D eigenvalue weighted by atomic mass is 10.1. The topological polar surface area (TPSA) is 72.0 Å². The third-order valence-corrected chi connectivity index (χ3v) is 3.81. The van der Waals surface area contributed by atoms with E-state index < -0.39 is 0 Å². The molecule has 0 amide bonds. The molecule has 5 nitrogen and oxygen atoms in total. The zero-order valence-corrected chi connectivity index (χ0v) is 13.4. The van der Waals surface area contributed by atoms with Gasteiger partial charge in [0, 0.05) is 6.42 Å². The normalized spacial score (nSPS) is 12.0. The van der Waals surface area contributed by atoms with Crippen molar-refractivity contribution in [3.63, 3.8) is 0 Å². The summed E-state index contributed by atoms with van der Waals surface area (Å²) in [5, 5.41) is 0. The van der Waals surface area contributed by atoms with Crippen molar-refractivity contribution in [1.82, 2.24) is 9.97 Å². The third-order valence-electron chi connectivity index (χ3n) is 3.81. The van der Waals surface area contributed by atoms with Crippen LogP contribution < -0.4 is 5.56 Å². The maximum absolute atomic E-state index is 12.0. The van der Waals surface area contributed by atoms with E-state index in [1.165, 1.54) is 0 Å². The van der Waals surface area contributed by atoms with Crippen molar-refractivity contribution in [2.75, 3.05) is 0 Å². The van der Waals surface area contributed by atoms with E-state index in [4.69, 9.17) is 4.74 Å². The van der Waals surface area contributed by atoms with Crippen LogP contribution in [0.5, 0.6) is 0 Å². The van der Waals surface area contributed by atoms with E-state index in [1.807, 2.05) is 55.5 Å². The number of H-pyrrole nitrogens is 1. The molecule has 0 aliphatic heterocycles. The van der Waals surface area contributed by atoms with Crippen LogP contribution in [0.4, 0.5) is 0 Å². The number of ether oxygens (including phenoxy) is 1. The third kappa shape index (κ3) is 3.68. The maximum Gasteiger partial charge on any atom is 0.306 e. The highest BCUT2D eigenvalue weighted by Crippen LogP contribution is 2.17. The summed E-state index contributed by atoms with van der Waals surface area (Å²) in [4.78, 5) is 31.1. The highest BCUT2D eigenvalue weighted by Gasteiger charge is 2.13. The van der Waals surface area contributed by atoms with Gasteiger partial charge in [-0.3, -0.25) is 9.59 Å². The van der Waals surface area contributed by atoms with E-state index in [0.717, 1.165) is 5.56 Å². The first-order valence-electron chi connectivity index (χ1n) is 7.86. The molecule has 0 radical (unpaired) electrons. The highest BCUT2D eigenvalue weighted by atomic mass is 16.5. The highest BCUT2D eigenvalue weighted by molar-refractivity contribution is 5.74. The van der Waals surface area contributed by atoms with Gasteiger partial charge in [-0.05, 0) is 24.6 Å². The second-order valence-electron chi connectivity index (χ2n) is 5.57. The van der Waals surface area contributed by atoms with Crippen LogP contribution in [0.3, 0.4) is 0 Å². The van der Waals surface area contributed by atoms with Gasteiger partial charge in [0.25, 0.3) is 5.56 Å². The molecule has 122 valence electrons. The molecule has 1 aromatic heterocycles. The molecule has 0 saturated carbocycles. The largest absolute Gasteiger partial charge is 0.458 e. The second-order valence-corrected chi connectivity index (χ2v) is 5.57. The minimum absolute atomic E-state index is 0.117. The molecule has 1 atom stereocenters. The summed E-state index contributed by atoms with van der Waals surface area (Å²) in [6.45, 7) is 1.83. The molecule has 0 aliphatic carbocycles. The van der Waals surface area contributed by atoms with Gasteiger partial charge in [0.2, 0.25) is 0 Å². The Labute approximate surface area is 139 Å². The average molecular weight is 322 g/mol. The summed E-state index contributed by atoms with van der Waals surface area (Å²) in [6.07, 6.45) is 0.0492. The quantitative estimate of drug-likeness (QED) is 0.732. The van der Waals surface area contributed by atoms with Gasteiger partial charge in [0.05, 0.1) is 17.5 Å². The van der Waals surface area contributed by atoms with E-state index in [0.29, 0.717) is 16.7 Å². The minimum atomic E-state index is -0.347. The number of aromatic nitrogens is 2. The minimum Gasteiger partial charge on any atom is -0.458 e. The Kier molecular flexibility index (Phi) is 4.70. The number of rotatable bonds is 5. The SMILES string of the molecule is C[C@H](OC(=O)CCc1nc2ccccc2[nH]c1=O)c1ccccc1. The molecular formula is C19H18N2O3. The first-order valence-corrected chi connectivity index (χ1v) is 7.86. The predicted molar refractivity (Wildman–Crippen MR) is 91.6 cm³/mol. The average Bonchev–Trinajstić information content (AvgIpc) is 2.60. The summed E-state index contributed by atoms with van der Waals surface area (Å²) >= 11 is 0. The molecule has 1 heterocycles. The van der Waals surface area contributed by atoms with Crippen LogP contribution in [-0.4, -0.2) is 15.9 Å². The number of benzene rings is 2. The fourth-order valence-electron chi connectivity index (χ4n) is 2.51. The van der Waals surface area contributed by atoms with Crippen molar-refractivity contribution in [2.24, 2.45) is 0 Å². The Bertz CT molecular complexity index is 903. The summed E-state index contributed by atoms with van der Waals surface area (Å²) < 4.78 is 5.41. The van der Waals surface area contributed by atoms with E-state index in [9.17, 15) is 9.59 Å². The number of nitrogens with zero attached hydrogens (tertiary/aromatic N) is 1. The Morgan fingerprint density at radius 3 is 2.62 bits per heavy atom. The van der Waals surface area contributed by atoms with Gasteiger partial charge < -0.3 is 9.72 Å². The first-order chi connectivity index (χ1) is 11.6. The van der Waals surface area contributed by atoms with Crippen molar-refractivity contribution in [3.05, 3.63) is 76.2 Å². The van der Waals surface area contributed by atoms with Gasteiger partial charge in [-0.2, -0.15) is 0 Å². The second kappa shape index (κ2) is 7.08. The Morgan fingerprint density at radius 2 is 1.83 bits per heavy atom. The number of aromatic amines is 1. The van der Waals surface area contributed by atoms with Crippen LogP contribution in [0.2, 0.25) is 0 Å². The Balaban J connectivity index is 1.64. The summed E-state index contributed by atoms with van der Waals surface area (Å²) in [6, 6.07) is 16.8. The zero-order valence-electron chi connectivity index (χ0n) is 13.4. The number of para-hydroxylation sites is 2. The van der Waals surface area contributed by atoms with Crippen LogP contribution in [0.15, 0.2) is 59.4 Å². The summed E-state index contributed by atoms with van der Waals surface area (Å²) in [7, 11) is 0. The molecular weight excluding hydrogens is 304 g/mol. The standard InChI is InChI=1S/C19H18N2O3/c1-13(14-7-3-2-4-8-14)24-18(22)12-11-17-19(23)21-16-10-6-5-9-15(16)20-17/h2-10,13H,11-12H2,1H3,(H,21,23)/t13-/m0/s1. The number of aryl methyl sites for hydroxylation is 1. The molecule has 3 aromatic rings. The molecule has 3 rings (SSSR count). The Morgan fingerprint density at radius 1 is 1.12 bits per heavy atom. The number of carbonyl (C=O) groups is 1. The lowest BCUT2D eigenvalue weighted by molar-refractivity contribution is -0.148. The molecule has 2 aromatic carbocycles. The number of esters is 1. The van der Waals surface area contributed by atoms with Crippen LogP contribution in [0, 0.1) is 0 Å². The van der Waals surface area contributed by atoms with Crippen LogP contribution in [-0.2, 0) is 16.0 Å². The molecule has 0 fully saturated rings. The van der Waals surface area contributed by atoms with Crippen molar-refractivity contribution in [1.29, 1.82) is 0 Å². The van der Waals surface area contributed by atoms with Gasteiger partial charge in [0.1, 0.15) is 11.8 Å². The number of carbonyl (C=O) groups excluding carboxylic acids is 1. The fraction of sp³-hybridized carbons (Fsp3) is 0.211. The molecule has 0 unspecified atom stereocenters. The van der Waals surface area contributed by atoms with E-state index in [2.05, 4.69) is 9.97 Å². The van der Waals surface area contributed by atoms with Crippen LogP contribution in [0.1, 0.15) is 30.7 Å². The Hall–Kier alpha value is -2.95. The van der Waals surface area contributed by atoms with Gasteiger partial charge in [-0.1, -0.05) is 42.5 Å². The van der Waals surface area contributed by atoms with Gasteiger partial charge >= 0.3 is 5.97 Å². The zero-order chi connectivity index (χ0) is 16.9. The van der Waals surface area contributed by atoms with Crippen molar-refractivity contribution >= 4 is 17.0 Å². The lowest BCUT2D eigenvalue weighted by Gasteiger charge is -2.13. The molecule has 1 N–H and O–H groups in total. The molecule has 5 heteroatoms. The number of nitrogens with one attached hydrogen (secondary N) is 1. The van der Waals surface area contributed by atoms with Crippen molar-refractivity contribution in [3.8, 4) is 0 Å². The summed E-state index contributed by atoms with van der Waals surface area (Å²) in [5.41, 5.74) is 2.41. The van der Waals surface area contributed by atoms with Crippen molar-refractivity contribution in [2.45, 2.75) is 25.9 Å². The monoisotopic (exact) mass is 322 g/mol. The van der Waals surface area contributed by atoms with Gasteiger partial charge in [-0.25, -0.2) is 4.98 Å². The smallest absolute Gasteiger partial charge is 0.306 e. The summed E-state index contributed by atoms with van der Waals surface area (Å²) in [5.74, 6) is -0.347. The number of hydrogen-bond acceptors (Lipinski definition) is 4. The lowest BCUT2D eigenvalue weighted by Crippen LogP contribution is -2.17. The predicted octanol–water partition coefficient (Wildman–Crippen LogP) is 3.16. The van der Waals surface area contributed by atoms with Crippen molar-refractivity contribution < 1.29 is 9.53 Å². The fourth-order valence-corrected chi connectivity index (χ4v) is 2.51.